The molecule has 1 aliphatic heterocycles. The fourth-order valence-corrected chi connectivity index (χ4v) is 3.88. The average Bonchev–Trinajstić information content (AvgIpc) is 3.07. The zero-order valence-corrected chi connectivity index (χ0v) is 16.7. The fourth-order valence-electron chi connectivity index (χ4n) is 3.84. The molecule has 0 unspecified atom stereocenters. The molecule has 0 aliphatic carbocycles. The van der Waals surface area contributed by atoms with Crippen LogP contribution in [0, 0.1) is 0 Å². The van der Waals surface area contributed by atoms with Crippen LogP contribution in [0.1, 0.15) is 29.2 Å². The lowest BCUT2D eigenvalue weighted by molar-refractivity contribution is -0.457. The van der Waals surface area contributed by atoms with Gasteiger partial charge >= 0.3 is 11.1 Å². The first kappa shape index (κ1) is 18.7. The largest absolute Gasteiger partial charge is 0.465 e. The highest BCUT2D eigenvalue weighted by atomic mass is 32.1. The van der Waals surface area contributed by atoms with Crippen molar-refractivity contribution in [2.75, 3.05) is 27.4 Å². The Hall–Kier alpha value is -2.64. The highest BCUT2D eigenvalue weighted by Gasteiger charge is 2.22. The van der Waals surface area contributed by atoms with Gasteiger partial charge < -0.3 is 14.0 Å². The average molecular weight is 396 g/mol. The number of fused-ring (bicyclic) bond motifs is 3. The van der Waals surface area contributed by atoms with Crippen molar-refractivity contribution in [3.05, 3.63) is 48.0 Å². The quantitative estimate of drug-likeness (QED) is 0.368. The number of hydrogen-bond acceptors (Lipinski definition) is 4. The molecular weight excluding hydrogens is 374 g/mol. The van der Waals surface area contributed by atoms with Crippen molar-refractivity contribution < 1.29 is 19.0 Å². The molecule has 2 aromatic carbocycles. The van der Waals surface area contributed by atoms with Gasteiger partial charge in [0.05, 0.1) is 12.6 Å². The van der Waals surface area contributed by atoms with Crippen LogP contribution < -0.4 is 0 Å². The summed E-state index contributed by atoms with van der Waals surface area (Å²) >= 11 is 5.01. The second kappa shape index (κ2) is 7.77. The van der Waals surface area contributed by atoms with Crippen molar-refractivity contribution in [2.24, 2.45) is 5.11 Å². The maximum Gasteiger partial charge on any atom is 0.465 e. The molecule has 6 nitrogen and oxygen atoms in total. The smallest absolute Gasteiger partial charge is 0.437 e. The molecule has 0 bridgehead atoms. The molecular formula is C21H22N3O3S+. The zero-order valence-electron chi connectivity index (χ0n) is 15.9. The predicted octanol–water partition coefficient (Wildman–Crippen LogP) is 4.31. The minimum absolute atomic E-state index is 0.144. The molecule has 28 heavy (non-hydrogen) atoms. The van der Waals surface area contributed by atoms with E-state index in [1.807, 2.05) is 24.3 Å². The molecule has 1 aliphatic rings. The van der Waals surface area contributed by atoms with Crippen LogP contribution in [0.25, 0.3) is 21.8 Å². The first-order valence-electron chi connectivity index (χ1n) is 9.28. The summed E-state index contributed by atoms with van der Waals surface area (Å²) in [6.45, 7) is 1.51. The van der Waals surface area contributed by atoms with Gasteiger partial charge in [0.2, 0.25) is 0 Å². The second-order valence-corrected chi connectivity index (χ2v) is 7.21. The third-order valence-corrected chi connectivity index (χ3v) is 5.62. The van der Waals surface area contributed by atoms with Gasteiger partial charge in [0, 0.05) is 58.4 Å². The van der Waals surface area contributed by atoms with Gasteiger partial charge in [-0.15, -0.1) is 0 Å². The van der Waals surface area contributed by atoms with Gasteiger partial charge in [-0.2, -0.15) is 0 Å². The van der Waals surface area contributed by atoms with E-state index in [1.165, 1.54) is 22.7 Å². The van der Waals surface area contributed by atoms with E-state index >= 15 is 0 Å². The molecule has 0 saturated carbocycles. The lowest BCUT2D eigenvalue weighted by Crippen LogP contribution is -2.19. The Labute approximate surface area is 168 Å². The Morgan fingerprint density at radius 3 is 2.64 bits per heavy atom. The van der Waals surface area contributed by atoms with E-state index in [1.54, 1.807) is 7.05 Å². The number of carbonyl (C=O) groups is 1. The summed E-state index contributed by atoms with van der Waals surface area (Å²) in [7, 11) is 3.05. The van der Waals surface area contributed by atoms with Gasteiger partial charge in [-0.3, -0.25) is 4.79 Å². The molecule has 4 rings (SSSR count). The molecule has 1 fully saturated rings. The molecule has 7 heteroatoms. The number of para-hydroxylation sites is 1. The van der Waals surface area contributed by atoms with Crippen molar-refractivity contribution in [2.45, 2.75) is 18.9 Å². The number of thiocarbonyl (C=S) groups is 1. The van der Waals surface area contributed by atoms with Crippen LogP contribution in [0.15, 0.2) is 47.6 Å². The summed E-state index contributed by atoms with van der Waals surface area (Å²) in [6, 6.07) is 14.5. The third kappa shape index (κ3) is 3.31. The first-order chi connectivity index (χ1) is 13.6. The third-order valence-electron chi connectivity index (χ3n) is 5.19. The van der Waals surface area contributed by atoms with Gasteiger partial charge in [0.25, 0.3) is 0 Å². The van der Waals surface area contributed by atoms with E-state index in [0.717, 1.165) is 37.0 Å². The van der Waals surface area contributed by atoms with Crippen LogP contribution in [0.5, 0.6) is 0 Å². The monoisotopic (exact) mass is 396 g/mol. The van der Waals surface area contributed by atoms with Crippen molar-refractivity contribution in [1.29, 1.82) is 0 Å². The van der Waals surface area contributed by atoms with E-state index in [0.29, 0.717) is 11.6 Å². The van der Waals surface area contributed by atoms with E-state index in [-0.39, 0.29) is 11.1 Å². The minimum atomic E-state index is -0.354. The topological polar surface area (TPSA) is 55.8 Å². The summed E-state index contributed by atoms with van der Waals surface area (Å²) in [4.78, 5) is 12.7. The summed E-state index contributed by atoms with van der Waals surface area (Å²) in [5.74, 6) is -0.354. The van der Waals surface area contributed by atoms with E-state index in [4.69, 9.17) is 21.7 Å². The molecule has 2 heterocycles. The van der Waals surface area contributed by atoms with Gasteiger partial charge in [-0.05, 0) is 35.7 Å². The molecule has 1 amide bonds. The normalized spacial score (nSPS) is 15.9. The standard InChI is InChI=1S/C21H22N3O3S/c1-23(21(28)26-2)22-20(25)14-7-8-17-16-5-3-4-6-18(16)24(19(17)13-14)15-9-11-27-12-10-15/h3-8,13,15H,9-12H2,1-2H3/q+1. The van der Waals surface area contributed by atoms with E-state index < -0.39 is 0 Å². The van der Waals surface area contributed by atoms with Crippen LogP contribution >= 0.6 is 12.2 Å². The number of nitrogens with zero attached hydrogens (tertiary/aromatic N) is 3. The molecule has 0 atom stereocenters. The van der Waals surface area contributed by atoms with Gasteiger partial charge in [-0.1, -0.05) is 24.3 Å². The first-order valence-corrected chi connectivity index (χ1v) is 9.69. The number of methoxy groups -OCH3 is 1. The summed E-state index contributed by atoms with van der Waals surface area (Å²) < 4.78 is 14.1. The number of hydrogen-bond donors (Lipinski definition) is 0. The number of azo groups is 2. The van der Waals surface area contributed by atoms with Crippen molar-refractivity contribution in [3.8, 4) is 0 Å². The van der Waals surface area contributed by atoms with Crippen LogP contribution in [0.3, 0.4) is 0 Å². The highest BCUT2D eigenvalue weighted by molar-refractivity contribution is 7.79. The van der Waals surface area contributed by atoms with Gasteiger partial charge in [0.15, 0.2) is 7.05 Å². The number of benzene rings is 2. The number of aromatic nitrogens is 1. The van der Waals surface area contributed by atoms with Crippen molar-refractivity contribution >= 4 is 45.1 Å². The Balaban J connectivity index is 1.85. The fraction of sp³-hybridized carbons (Fsp3) is 0.333. The predicted molar refractivity (Wildman–Crippen MR) is 111 cm³/mol. The van der Waals surface area contributed by atoms with E-state index in [2.05, 4.69) is 27.9 Å². The van der Waals surface area contributed by atoms with Crippen LogP contribution in [-0.2, 0) is 9.47 Å². The van der Waals surface area contributed by atoms with Crippen LogP contribution in [0.4, 0.5) is 0 Å². The van der Waals surface area contributed by atoms with Gasteiger partial charge in [0.1, 0.15) is 0 Å². The molecule has 1 aromatic heterocycles. The SMILES string of the molecule is COC(=S)[N+](C)=NC(=O)c1ccc2c3ccccc3n(C3CCOCC3)c2c1. The lowest BCUT2D eigenvalue weighted by Gasteiger charge is -2.25. The number of amides is 1. The molecule has 144 valence electrons. The minimum Gasteiger partial charge on any atom is -0.437 e. The van der Waals surface area contributed by atoms with Crippen LogP contribution in [0.2, 0.25) is 0 Å². The molecule has 0 spiro atoms. The Morgan fingerprint density at radius 2 is 1.89 bits per heavy atom. The Kier molecular flexibility index (Phi) is 5.19. The molecule has 1 saturated heterocycles. The Morgan fingerprint density at radius 1 is 1.18 bits per heavy atom. The highest BCUT2D eigenvalue weighted by Crippen LogP contribution is 2.35. The summed E-state index contributed by atoms with van der Waals surface area (Å²) in [5.41, 5.74) is 2.75. The second-order valence-electron chi connectivity index (χ2n) is 6.86. The Bertz CT molecular complexity index is 1100. The molecule has 3 aromatic rings. The summed E-state index contributed by atoms with van der Waals surface area (Å²) in [6.07, 6.45) is 1.92. The maximum atomic E-state index is 12.7. The molecule has 0 radical (unpaired) electrons. The van der Waals surface area contributed by atoms with Gasteiger partial charge in [-0.25, -0.2) is 0 Å². The van der Waals surface area contributed by atoms with E-state index in [9.17, 15) is 4.79 Å². The van der Waals surface area contributed by atoms with Crippen molar-refractivity contribution in [1.82, 2.24) is 4.57 Å². The van der Waals surface area contributed by atoms with Crippen molar-refractivity contribution in [3.63, 3.8) is 0 Å². The maximum absolute atomic E-state index is 12.7. The number of rotatable bonds is 2. The molecule has 0 N–H and O–H groups in total. The van der Waals surface area contributed by atoms with Crippen LogP contribution in [-0.4, -0.2) is 47.7 Å². The number of ether oxygens (including phenoxy) is 2. The summed E-state index contributed by atoms with van der Waals surface area (Å²) in [5, 5.41) is 6.49. The number of carbonyl (C=O) groups excluding carboxylic acids is 1. The lowest BCUT2D eigenvalue weighted by atomic mass is 10.1. The zero-order chi connectivity index (χ0) is 19.7.